The Morgan fingerprint density at radius 3 is 1.95 bits per heavy atom. The number of nitrogen functional groups attached to an aromatic ring is 1. The SMILES string of the molecule is CC(C)CN(CC(C)C)c1cc(N)cc(OC(C)C)c1. The van der Waals surface area contributed by atoms with Crippen molar-refractivity contribution in [3.63, 3.8) is 0 Å². The zero-order valence-electron chi connectivity index (χ0n) is 13.8. The highest BCUT2D eigenvalue weighted by atomic mass is 16.5. The third kappa shape index (κ3) is 5.72. The van der Waals surface area contributed by atoms with Gasteiger partial charge in [-0.1, -0.05) is 27.7 Å². The standard InChI is InChI=1S/C17H30N2O/c1-12(2)10-19(11-13(3)4)16-7-15(18)8-17(9-16)20-14(5)6/h7-9,12-14H,10-11,18H2,1-6H3. The summed E-state index contributed by atoms with van der Waals surface area (Å²) in [6.07, 6.45) is 0.160. The molecular weight excluding hydrogens is 248 g/mol. The minimum atomic E-state index is 0.160. The first-order chi connectivity index (χ1) is 9.27. The molecule has 0 aliphatic heterocycles. The monoisotopic (exact) mass is 278 g/mol. The fourth-order valence-electron chi connectivity index (χ4n) is 2.30. The van der Waals surface area contributed by atoms with Crippen LogP contribution in [0.4, 0.5) is 11.4 Å². The van der Waals surface area contributed by atoms with E-state index in [4.69, 9.17) is 10.5 Å². The van der Waals surface area contributed by atoms with Crippen LogP contribution in [-0.4, -0.2) is 19.2 Å². The third-order valence-electron chi connectivity index (χ3n) is 2.82. The summed E-state index contributed by atoms with van der Waals surface area (Å²) < 4.78 is 5.79. The molecule has 0 radical (unpaired) electrons. The topological polar surface area (TPSA) is 38.5 Å². The minimum absolute atomic E-state index is 0.160. The molecule has 20 heavy (non-hydrogen) atoms. The fourth-order valence-corrected chi connectivity index (χ4v) is 2.30. The summed E-state index contributed by atoms with van der Waals surface area (Å²) in [7, 11) is 0. The second kappa shape index (κ2) is 7.41. The van der Waals surface area contributed by atoms with E-state index in [0.717, 1.165) is 30.2 Å². The van der Waals surface area contributed by atoms with Crippen molar-refractivity contribution in [2.75, 3.05) is 23.7 Å². The van der Waals surface area contributed by atoms with Crippen molar-refractivity contribution in [2.24, 2.45) is 11.8 Å². The quantitative estimate of drug-likeness (QED) is 0.761. The Hall–Kier alpha value is -1.38. The molecule has 0 aromatic heterocycles. The van der Waals surface area contributed by atoms with Crippen molar-refractivity contribution < 1.29 is 4.74 Å². The largest absolute Gasteiger partial charge is 0.491 e. The van der Waals surface area contributed by atoms with Gasteiger partial charge in [-0.05, 0) is 31.7 Å². The molecule has 0 amide bonds. The van der Waals surface area contributed by atoms with Gasteiger partial charge in [-0.25, -0.2) is 0 Å². The Bertz CT molecular complexity index is 403. The lowest BCUT2D eigenvalue weighted by Crippen LogP contribution is -2.31. The van der Waals surface area contributed by atoms with Gasteiger partial charge in [0, 0.05) is 36.6 Å². The first-order valence-corrected chi connectivity index (χ1v) is 7.60. The number of anilines is 2. The molecule has 114 valence electrons. The molecule has 0 fully saturated rings. The molecule has 0 bridgehead atoms. The van der Waals surface area contributed by atoms with E-state index in [1.807, 2.05) is 26.0 Å². The van der Waals surface area contributed by atoms with E-state index >= 15 is 0 Å². The third-order valence-corrected chi connectivity index (χ3v) is 2.82. The van der Waals surface area contributed by atoms with Crippen LogP contribution in [0.25, 0.3) is 0 Å². The number of nitrogens with zero attached hydrogens (tertiary/aromatic N) is 1. The Morgan fingerprint density at radius 1 is 0.950 bits per heavy atom. The van der Waals surface area contributed by atoms with Crippen molar-refractivity contribution in [1.82, 2.24) is 0 Å². The predicted octanol–water partition coefficient (Wildman–Crippen LogP) is 4.17. The summed E-state index contributed by atoms with van der Waals surface area (Å²) >= 11 is 0. The van der Waals surface area contributed by atoms with Crippen molar-refractivity contribution in [3.8, 4) is 5.75 Å². The minimum Gasteiger partial charge on any atom is -0.491 e. The van der Waals surface area contributed by atoms with Crippen LogP contribution in [-0.2, 0) is 0 Å². The molecule has 0 saturated carbocycles. The van der Waals surface area contributed by atoms with Crippen LogP contribution < -0.4 is 15.4 Å². The van der Waals surface area contributed by atoms with Gasteiger partial charge >= 0.3 is 0 Å². The van der Waals surface area contributed by atoms with Crippen molar-refractivity contribution >= 4 is 11.4 Å². The van der Waals surface area contributed by atoms with Crippen molar-refractivity contribution in [3.05, 3.63) is 18.2 Å². The Kier molecular flexibility index (Phi) is 6.18. The highest BCUT2D eigenvalue weighted by Gasteiger charge is 2.13. The molecule has 1 aromatic rings. The van der Waals surface area contributed by atoms with Gasteiger partial charge in [-0.3, -0.25) is 0 Å². The molecule has 2 N–H and O–H groups in total. The summed E-state index contributed by atoms with van der Waals surface area (Å²) in [4.78, 5) is 2.40. The van der Waals surface area contributed by atoms with Crippen molar-refractivity contribution in [2.45, 2.75) is 47.6 Å². The molecule has 3 nitrogen and oxygen atoms in total. The molecule has 1 aromatic carbocycles. The van der Waals surface area contributed by atoms with Crippen LogP contribution >= 0.6 is 0 Å². The molecular formula is C17H30N2O. The van der Waals surface area contributed by atoms with Crippen LogP contribution in [0.3, 0.4) is 0 Å². The fraction of sp³-hybridized carbons (Fsp3) is 0.647. The van der Waals surface area contributed by atoms with E-state index in [1.54, 1.807) is 0 Å². The molecule has 0 heterocycles. The molecule has 0 aliphatic carbocycles. The Labute approximate surface area is 124 Å². The summed E-state index contributed by atoms with van der Waals surface area (Å²) in [6, 6.07) is 6.03. The van der Waals surface area contributed by atoms with E-state index in [2.05, 4.69) is 38.7 Å². The van der Waals surface area contributed by atoms with E-state index < -0.39 is 0 Å². The normalized spacial score (nSPS) is 11.4. The summed E-state index contributed by atoms with van der Waals surface area (Å²) in [5, 5.41) is 0. The van der Waals surface area contributed by atoms with Gasteiger partial charge in [0.15, 0.2) is 0 Å². The van der Waals surface area contributed by atoms with Crippen LogP contribution in [0.2, 0.25) is 0 Å². The smallest absolute Gasteiger partial charge is 0.123 e. The maximum absolute atomic E-state index is 6.03. The van der Waals surface area contributed by atoms with Crippen molar-refractivity contribution in [1.29, 1.82) is 0 Å². The second-order valence-corrected chi connectivity index (χ2v) is 6.62. The maximum Gasteiger partial charge on any atom is 0.123 e. The van der Waals surface area contributed by atoms with Gasteiger partial charge < -0.3 is 15.4 Å². The number of hydrogen-bond acceptors (Lipinski definition) is 3. The van der Waals surface area contributed by atoms with Gasteiger partial charge in [0.1, 0.15) is 5.75 Å². The average molecular weight is 278 g/mol. The van der Waals surface area contributed by atoms with Crippen LogP contribution in [0, 0.1) is 11.8 Å². The Morgan fingerprint density at radius 2 is 1.50 bits per heavy atom. The van der Waals surface area contributed by atoms with E-state index in [0.29, 0.717) is 11.8 Å². The molecule has 3 heteroatoms. The highest BCUT2D eigenvalue weighted by Crippen LogP contribution is 2.27. The molecule has 0 atom stereocenters. The Balaban J connectivity index is 3.01. The summed E-state index contributed by atoms with van der Waals surface area (Å²) in [5.74, 6) is 2.09. The predicted molar refractivity (Wildman–Crippen MR) is 88.5 cm³/mol. The first kappa shape index (κ1) is 16.7. The van der Waals surface area contributed by atoms with Gasteiger partial charge in [0.05, 0.1) is 6.10 Å². The molecule has 0 spiro atoms. The summed E-state index contributed by atoms with van der Waals surface area (Å²) in [5.41, 5.74) is 7.94. The zero-order valence-corrected chi connectivity index (χ0v) is 13.8. The van der Waals surface area contributed by atoms with Crippen LogP contribution in [0.1, 0.15) is 41.5 Å². The highest BCUT2D eigenvalue weighted by molar-refractivity contribution is 5.60. The van der Waals surface area contributed by atoms with E-state index in [1.165, 1.54) is 0 Å². The number of ether oxygens (including phenoxy) is 1. The van der Waals surface area contributed by atoms with Crippen LogP contribution in [0.5, 0.6) is 5.75 Å². The molecule has 0 unspecified atom stereocenters. The summed E-state index contributed by atoms with van der Waals surface area (Å²) in [6.45, 7) is 15.1. The van der Waals surface area contributed by atoms with Gasteiger partial charge in [0.2, 0.25) is 0 Å². The van der Waals surface area contributed by atoms with E-state index in [9.17, 15) is 0 Å². The molecule has 0 saturated heterocycles. The van der Waals surface area contributed by atoms with Gasteiger partial charge in [-0.2, -0.15) is 0 Å². The lowest BCUT2D eigenvalue weighted by Gasteiger charge is -2.29. The van der Waals surface area contributed by atoms with Gasteiger partial charge in [0.25, 0.3) is 0 Å². The maximum atomic E-state index is 6.03. The average Bonchev–Trinajstić information content (AvgIpc) is 2.24. The second-order valence-electron chi connectivity index (χ2n) is 6.62. The van der Waals surface area contributed by atoms with E-state index in [-0.39, 0.29) is 6.10 Å². The first-order valence-electron chi connectivity index (χ1n) is 7.60. The lowest BCUT2D eigenvalue weighted by atomic mass is 10.1. The number of benzene rings is 1. The molecule has 0 aliphatic rings. The lowest BCUT2D eigenvalue weighted by molar-refractivity contribution is 0.242. The van der Waals surface area contributed by atoms with Crippen LogP contribution in [0.15, 0.2) is 18.2 Å². The number of rotatable bonds is 7. The molecule has 1 rings (SSSR count). The number of nitrogens with two attached hydrogens (primary N) is 1. The zero-order chi connectivity index (χ0) is 15.3. The van der Waals surface area contributed by atoms with Gasteiger partial charge in [-0.15, -0.1) is 0 Å². The number of hydrogen-bond donors (Lipinski definition) is 1.